The maximum Gasteiger partial charge on any atom is 2.00 e. The second-order valence-electron chi connectivity index (χ2n) is 4.93. The molecule has 4 rings (SSSR count). The van der Waals surface area contributed by atoms with Crippen molar-refractivity contribution in [1.82, 2.24) is 0 Å². The zero-order valence-corrected chi connectivity index (χ0v) is 12.6. The molecule has 2 unspecified atom stereocenters. The minimum absolute atomic E-state index is 0. The Balaban J connectivity index is 0.000000147. The topological polar surface area (TPSA) is 47.6 Å². The van der Waals surface area contributed by atoms with E-state index in [0.717, 1.165) is 11.1 Å². The Morgan fingerprint density at radius 1 is 0.619 bits per heavy atom. The van der Waals surface area contributed by atoms with Crippen LogP contribution in [-0.2, 0) is 17.1 Å². The first-order chi connectivity index (χ1) is 9.75. The maximum absolute atomic E-state index is 7.53. The first kappa shape index (κ1) is 15.7. The monoisotopic (exact) mass is 315 g/mol. The molecule has 1 radical (unpaired) electrons. The van der Waals surface area contributed by atoms with Gasteiger partial charge in [-0.25, -0.2) is 0 Å². The second kappa shape index (κ2) is 6.88. The van der Waals surface area contributed by atoms with Crippen LogP contribution in [0.15, 0.2) is 60.7 Å². The molecule has 0 saturated carbocycles. The van der Waals surface area contributed by atoms with Gasteiger partial charge in [0.15, 0.2) is 0 Å². The Morgan fingerprint density at radius 3 is 1.38 bits per heavy atom. The van der Waals surface area contributed by atoms with Gasteiger partial charge in [-0.05, 0) is 11.1 Å². The summed E-state index contributed by atoms with van der Waals surface area (Å²) in [6, 6.07) is 15.8. The molecule has 0 aliphatic heterocycles. The normalized spacial score (nSPS) is 20.1. The van der Waals surface area contributed by atoms with Crippen LogP contribution in [0.25, 0.3) is 23.6 Å². The van der Waals surface area contributed by atoms with E-state index in [9.17, 15) is 0 Å². The van der Waals surface area contributed by atoms with Crippen molar-refractivity contribution in [3.05, 3.63) is 94.4 Å². The van der Waals surface area contributed by atoms with Gasteiger partial charge in [-0.15, -0.1) is 0 Å². The molecule has 0 heterocycles. The molecule has 2 aromatic carbocycles. The molecule has 2 nitrogen and oxygen atoms in total. The number of fused-ring (bicyclic) bond motifs is 2. The molecule has 21 heavy (non-hydrogen) atoms. The Labute approximate surface area is 136 Å². The number of rotatable bonds is 0. The first-order valence-electron chi connectivity index (χ1n) is 6.72. The van der Waals surface area contributed by atoms with E-state index in [1.165, 1.54) is 11.1 Å². The predicted molar refractivity (Wildman–Crippen MR) is 85.1 cm³/mol. The van der Waals surface area contributed by atoms with Crippen LogP contribution in [0, 0.1) is 0 Å². The van der Waals surface area contributed by atoms with Crippen molar-refractivity contribution in [2.45, 2.75) is 12.1 Å². The third kappa shape index (κ3) is 3.34. The van der Waals surface area contributed by atoms with E-state index in [4.69, 9.17) is 11.5 Å². The average molecular weight is 315 g/mol. The summed E-state index contributed by atoms with van der Waals surface area (Å²) in [6.45, 7) is 0. The number of nitrogens with one attached hydrogen (secondary N) is 2. The summed E-state index contributed by atoms with van der Waals surface area (Å²) in [5.74, 6) is 0. The van der Waals surface area contributed by atoms with Gasteiger partial charge in [-0.2, -0.15) is 0 Å². The Hall–Kier alpha value is -1.64. The van der Waals surface area contributed by atoms with Crippen LogP contribution >= 0.6 is 0 Å². The van der Waals surface area contributed by atoms with E-state index < -0.39 is 0 Å². The molecule has 0 aromatic heterocycles. The molecule has 2 N–H and O–H groups in total. The van der Waals surface area contributed by atoms with Gasteiger partial charge in [-0.3, -0.25) is 0 Å². The summed E-state index contributed by atoms with van der Waals surface area (Å²) in [5, 5.41) is 0. The molecule has 2 aliphatic carbocycles. The van der Waals surface area contributed by atoms with Crippen molar-refractivity contribution < 1.29 is 17.1 Å². The van der Waals surface area contributed by atoms with E-state index in [1.807, 2.05) is 72.8 Å². The first-order valence-corrected chi connectivity index (χ1v) is 6.72. The smallest absolute Gasteiger partial charge is 0.667 e. The van der Waals surface area contributed by atoms with E-state index >= 15 is 0 Å². The van der Waals surface area contributed by atoms with Crippen molar-refractivity contribution in [3.8, 4) is 0 Å². The van der Waals surface area contributed by atoms with Crippen LogP contribution in [0.1, 0.15) is 34.3 Å². The van der Waals surface area contributed by atoms with Gasteiger partial charge in [0.05, 0.1) is 0 Å². The van der Waals surface area contributed by atoms with Gasteiger partial charge in [0, 0.05) is 0 Å². The zero-order chi connectivity index (χ0) is 13.9. The third-order valence-corrected chi connectivity index (χ3v) is 3.60. The van der Waals surface area contributed by atoms with Crippen LogP contribution in [0.4, 0.5) is 0 Å². The van der Waals surface area contributed by atoms with Gasteiger partial charge in [0.25, 0.3) is 0 Å². The molecule has 2 atom stereocenters. The summed E-state index contributed by atoms with van der Waals surface area (Å²) < 4.78 is 0. The second-order valence-corrected chi connectivity index (χ2v) is 4.93. The van der Waals surface area contributed by atoms with Gasteiger partial charge < -0.3 is 11.5 Å². The summed E-state index contributed by atoms with van der Waals surface area (Å²) in [7, 11) is 0. The van der Waals surface area contributed by atoms with Crippen LogP contribution < -0.4 is 0 Å². The van der Waals surface area contributed by atoms with Gasteiger partial charge in [0.2, 0.25) is 0 Å². The summed E-state index contributed by atoms with van der Waals surface area (Å²) in [5.41, 5.74) is 19.7. The van der Waals surface area contributed by atoms with Crippen molar-refractivity contribution in [2.24, 2.45) is 0 Å². The molecule has 2 aliphatic rings. The SMILES string of the molecule is [Mn+2].[NH-]C1C=Cc2ccccc21.[NH-]C1C=Cc2ccccc21. The van der Waals surface area contributed by atoms with E-state index in [1.54, 1.807) is 0 Å². The Morgan fingerprint density at radius 2 is 1.00 bits per heavy atom. The number of hydrogen-bond acceptors (Lipinski definition) is 0. The fraction of sp³-hybridized carbons (Fsp3) is 0.111. The molecule has 0 fully saturated rings. The summed E-state index contributed by atoms with van der Waals surface area (Å²) in [6.07, 6.45) is 7.83. The fourth-order valence-corrected chi connectivity index (χ4v) is 2.50. The molecule has 2 aromatic rings. The largest absolute Gasteiger partial charge is 2.00 e. The van der Waals surface area contributed by atoms with E-state index in [0.29, 0.717) is 0 Å². The Bertz CT molecular complexity index is 617. The summed E-state index contributed by atoms with van der Waals surface area (Å²) in [4.78, 5) is 0. The third-order valence-electron chi connectivity index (χ3n) is 3.60. The Kier molecular flexibility index (Phi) is 5.16. The van der Waals surface area contributed by atoms with Crippen molar-refractivity contribution in [3.63, 3.8) is 0 Å². The number of hydrogen-bond donors (Lipinski definition) is 0. The molecule has 0 spiro atoms. The minimum atomic E-state index is -0.129. The molecule has 0 bridgehead atoms. The maximum atomic E-state index is 7.53. The predicted octanol–water partition coefficient (Wildman–Crippen LogP) is 5.61. The van der Waals surface area contributed by atoms with Crippen molar-refractivity contribution in [2.75, 3.05) is 0 Å². The van der Waals surface area contributed by atoms with Crippen LogP contribution in [0.2, 0.25) is 0 Å². The quantitative estimate of drug-likeness (QED) is 0.567. The molecule has 0 saturated heterocycles. The fourth-order valence-electron chi connectivity index (χ4n) is 2.50. The molecule has 0 amide bonds. The van der Waals surface area contributed by atoms with Gasteiger partial charge in [0.1, 0.15) is 0 Å². The van der Waals surface area contributed by atoms with Crippen LogP contribution in [0.5, 0.6) is 0 Å². The molecular weight excluding hydrogens is 299 g/mol. The zero-order valence-electron chi connectivity index (χ0n) is 11.5. The van der Waals surface area contributed by atoms with Gasteiger partial charge in [-0.1, -0.05) is 96.0 Å². The standard InChI is InChI=1S/2C9H8N.Mn/c2*10-9-6-5-7-3-1-2-4-8(7)9;/h2*1-6,9-10H;/q2*-1;+2. The molecule has 105 valence electrons. The van der Waals surface area contributed by atoms with E-state index in [2.05, 4.69) is 0 Å². The summed E-state index contributed by atoms with van der Waals surface area (Å²) >= 11 is 0. The van der Waals surface area contributed by atoms with Crippen LogP contribution in [-0.4, -0.2) is 0 Å². The average Bonchev–Trinajstić information content (AvgIpc) is 3.05. The molecule has 3 heteroatoms. The van der Waals surface area contributed by atoms with Gasteiger partial charge >= 0.3 is 17.1 Å². The number of benzene rings is 2. The van der Waals surface area contributed by atoms with Crippen molar-refractivity contribution >= 4 is 12.2 Å². The molecular formula is C18H16MnN2. The van der Waals surface area contributed by atoms with E-state index in [-0.39, 0.29) is 29.2 Å². The minimum Gasteiger partial charge on any atom is -0.667 e. The van der Waals surface area contributed by atoms with Crippen LogP contribution in [0.3, 0.4) is 0 Å². The van der Waals surface area contributed by atoms with Crippen molar-refractivity contribution in [1.29, 1.82) is 0 Å².